The third-order valence-electron chi connectivity index (χ3n) is 4.34. The maximum atomic E-state index is 12.6. The molecule has 1 aromatic rings. The molecule has 1 aromatic carbocycles. The van der Waals surface area contributed by atoms with Crippen molar-refractivity contribution in [3.63, 3.8) is 0 Å². The smallest absolute Gasteiger partial charge is 0.321 e. The largest absolute Gasteiger partial charge is 0.338 e. The minimum Gasteiger partial charge on any atom is -0.338 e. The van der Waals surface area contributed by atoms with Crippen LogP contribution in [0.25, 0.3) is 0 Å². The van der Waals surface area contributed by atoms with Gasteiger partial charge in [-0.25, -0.2) is 4.79 Å². The van der Waals surface area contributed by atoms with Gasteiger partial charge in [0.05, 0.1) is 6.04 Å². The number of hydrogen-bond acceptors (Lipinski definition) is 4. The number of carbonyl (C=O) groups excluding carboxylic acids is 3. The van der Waals surface area contributed by atoms with E-state index in [0.717, 1.165) is 6.42 Å². The van der Waals surface area contributed by atoms with Crippen molar-refractivity contribution in [2.75, 3.05) is 32.7 Å². The van der Waals surface area contributed by atoms with Gasteiger partial charge in [0.25, 0.3) is 5.91 Å². The zero-order valence-corrected chi connectivity index (χ0v) is 14.8. The molecule has 0 spiro atoms. The van der Waals surface area contributed by atoms with Gasteiger partial charge in [-0.2, -0.15) is 0 Å². The molecule has 1 atom stereocenters. The van der Waals surface area contributed by atoms with Gasteiger partial charge in [0.2, 0.25) is 5.91 Å². The Morgan fingerprint density at radius 3 is 2.48 bits per heavy atom. The van der Waals surface area contributed by atoms with Crippen molar-refractivity contribution in [1.29, 1.82) is 0 Å². The van der Waals surface area contributed by atoms with Crippen molar-refractivity contribution < 1.29 is 14.4 Å². The molecule has 2 rings (SSSR count). The zero-order valence-electron chi connectivity index (χ0n) is 14.8. The number of benzene rings is 1. The molecule has 136 valence electrons. The highest BCUT2D eigenvalue weighted by atomic mass is 16.2. The van der Waals surface area contributed by atoms with E-state index in [2.05, 4.69) is 10.6 Å². The number of rotatable bonds is 4. The molecule has 1 saturated heterocycles. The van der Waals surface area contributed by atoms with Crippen LogP contribution >= 0.6 is 0 Å². The third-order valence-corrected chi connectivity index (χ3v) is 4.34. The monoisotopic (exact) mass is 346 g/mol. The Kier molecular flexibility index (Phi) is 6.94. The second-order valence-corrected chi connectivity index (χ2v) is 6.07. The molecule has 0 radical (unpaired) electrons. The van der Waals surface area contributed by atoms with E-state index in [-0.39, 0.29) is 11.8 Å². The second-order valence-electron chi connectivity index (χ2n) is 6.07. The van der Waals surface area contributed by atoms with Crippen LogP contribution in [0.4, 0.5) is 4.79 Å². The van der Waals surface area contributed by atoms with Crippen LogP contribution in [0.15, 0.2) is 30.3 Å². The van der Waals surface area contributed by atoms with Crippen molar-refractivity contribution in [1.82, 2.24) is 20.4 Å². The first-order valence-electron chi connectivity index (χ1n) is 8.70. The summed E-state index contributed by atoms with van der Waals surface area (Å²) in [5.41, 5.74) is 0.679. The SMILES string of the molecule is CCNC(=O)NC(=O)C(C)N1CCCN(C(=O)c2ccccc2)CC1. The molecule has 1 fully saturated rings. The minimum absolute atomic E-state index is 0.0156. The summed E-state index contributed by atoms with van der Waals surface area (Å²) in [6.45, 7) is 6.57. The van der Waals surface area contributed by atoms with E-state index in [4.69, 9.17) is 0 Å². The summed E-state index contributed by atoms with van der Waals surface area (Å²) < 4.78 is 0. The van der Waals surface area contributed by atoms with Gasteiger partial charge in [-0.05, 0) is 32.4 Å². The van der Waals surface area contributed by atoms with Crippen LogP contribution < -0.4 is 10.6 Å². The maximum absolute atomic E-state index is 12.6. The molecule has 0 aromatic heterocycles. The summed E-state index contributed by atoms with van der Waals surface area (Å²) in [6.07, 6.45) is 0.789. The second kappa shape index (κ2) is 9.17. The first-order chi connectivity index (χ1) is 12.0. The van der Waals surface area contributed by atoms with Crippen LogP contribution in [0.2, 0.25) is 0 Å². The summed E-state index contributed by atoms with van der Waals surface area (Å²) in [7, 11) is 0. The van der Waals surface area contributed by atoms with Crippen LogP contribution in [-0.4, -0.2) is 66.4 Å². The van der Waals surface area contributed by atoms with Crippen LogP contribution in [-0.2, 0) is 4.79 Å². The molecule has 1 unspecified atom stereocenters. The van der Waals surface area contributed by atoms with Crippen LogP contribution in [0.5, 0.6) is 0 Å². The quantitative estimate of drug-likeness (QED) is 0.854. The van der Waals surface area contributed by atoms with Crippen LogP contribution in [0.1, 0.15) is 30.6 Å². The van der Waals surface area contributed by atoms with E-state index in [1.54, 1.807) is 13.8 Å². The number of carbonyl (C=O) groups is 3. The van der Waals surface area contributed by atoms with Gasteiger partial charge in [-0.3, -0.25) is 19.8 Å². The predicted octanol–water partition coefficient (Wildman–Crippen LogP) is 1.07. The molecular weight excluding hydrogens is 320 g/mol. The van der Waals surface area contributed by atoms with Gasteiger partial charge in [-0.15, -0.1) is 0 Å². The van der Waals surface area contributed by atoms with Crippen molar-refractivity contribution in [3.8, 4) is 0 Å². The molecule has 1 aliphatic rings. The number of hydrogen-bond donors (Lipinski definition) is 2. The lowest BCUT2D eigenvalue weighted by Crippen LogP contribution is -2.50. The Bertz CT molecular complexity index is 606. The first kappa shape index (κ1) is 18.9. The van der Waals surface area contributed by atoms with Gasteiger partial charge in [0, 0.05) is 38.3 Å². The number of imide groups is 1. The number of amides is 4. The number of nitrogens with one attached hydrogen (secondary N) is 2. The summed E-state index contributed by atoms with van der Waals surface area (Å²) in [5, 5.41) is 4.89. The van der Waals surface area contributed by atoms with Crippen LogP contribution in [0, 0.1) is 0 Å². The standard InChI is InChI=1S/C18H26N4O3/c1-3-19-18(25)20-16(23)14(2)21-10-7-11-22(13-12-21)17(24)15-8-5-4-6-9-15/h4-6,8-9,14H,3,7,10-13H2,1-2H3,(H2,19,20,23,25). The number of nitrogens with zero attached hydrogens (tertiary/aromatic N) is 2. The Balaban J connectivity index is 1.91. The van der Waals surface area contributed by atoms with E-state index < -0.39 is 12.1 Å². The summed E-state index contributed by atoms with van der Waals surface area (Å²) in [4.78, 5) is 40.1. The molecule has 0 saturated carbocycles. The van der Waals surface area contributed by atoms with Crippen molar-refractivity contribution in [2.24, 2.45) is 0 Å². The highest BCUT2D eigenvalue weighted by Crippen LogP contribution is 2.11. The fourth-order valence-electron chi connectivity index (χ4n) is 2.88. The first-order valence-corrected chi connectivity index (χ1v) is 8.70. The lowest BCUT2D eigenvalue weighted by atomic mass is 10.2. The van der Waals surface area contributed by atoms with E-state index in [1.807, 2.05) is 40.1 Å². The van der Waals surface area contributed by atoms with E-state index >= 15 is 0 Å². The van der Waals surface area contributed by atoms with Crippen molar-refractivity contribution in [3.05, 3.63) is 35.9 Å². The van der Waals surface area contributed by atoms with E-state index in [1.165, 1.54) is 0 Å². The molecule has 7 nitrogen and oxygen atoms in total. The molecule has 4 amide bonds. The predicted molar refractivity (Wildman–Crippen MR) is 95.2 cm³/mol. The lowest BCUT2D eigenvalue weighted by Gasteiger charge is -2.26. The molecular formula is C18H26N4O3. The van der Waals surface area contributed by atoms with Crippen molar-refractivity contribution in [2.45, 2.75) is 26.3 Å². The molecule has 1 heterocycles. The van der Waals surface area contributed by atoms with Crippen molar-refractivity contribution >= 4 is 17.8 Å². The molecule has 0 bridgehead atoms. The summed E-state index contributed by atoms with van der Waals surface area (Å²) in [6, 6.07) is 8.32. The third kappa shape index (κ3) is 5.29. The normalized spacial score (nSPS) is 16.6. The zero-order chi connectivity index (χ0) is 18.2. The summed E-state index contributed by atoms with van der Waals surface area (Å²) in [5.74, 6) is -0.310. The Morgan fingerprint density at radius 1 is 1.08 bits per heavy atom. The highest BCUT2D eigenvalue weighted by Gasteiger charge is 2.26. The minimum atomic E-state index is -0.477. The molecule has 7 heteroatoms. The van der Waals surface area contributed by atoms with Gasteiger partial charge in [-0.1, -0.05) is 18.2 Å². The molecule has 25 heavy (non-hydrogen) atoms. The number of urea groups is 1. The lowest BCUT2D eigenvalue weighted by molar-refractivity contribution is -0.124. The Morgan fingerprint density at radius 2 is 1.80 bits per heavy atom. The van der Waals surface area contributed by atoms with Crippen LogP contribution in [0.3, 0.4) is 0 Å². The van der Waals surface area contributed by atoms with E-state index in [9.17, 15) is 14.4 Å². The Hall–Kier alpha value is -2.41. The molecule has 1 aliphatic heterocycles. The average Bonchev–Trinajstić information content (AvgIpc) is 2.87. The van der Waals surface area contributed by atoms with Gasteiger partial charge in [0.1, 0.15) is 0 Å². The van der Waals surface area contributed by atoms with Gasteiger partial charge >= 0.3 is 6.03 Å². The van der Waals surface area contributed by atoms with Gasteiger partial charge < -0.3 is 10.2 Å². The highest BCUT2D eigenvalue weighted by molar-refractivity contribution is 5.96. The summed E-state index contributed by atoms with van der Waals surface area (Å²) >= 11 is 0. The average molecular weight is 346 g/mol. The maximum Gasteiger partial charge on any atom is 0.321 e. The fourth-order valence-corrected chi connectivity index (χ4v) is 2.88. The molecule has 0 aliphatic carbocycles. The van der Waals surface area contributed by atoms with E-state index in [0.29, 0.717) is 38.3 Å². The molecule has 2 N–H and O–H groups in total. The fraction of sp³-hybridized carbons (Fsp3) is 0.500. The van der Waals surface area contributed by atoms with Gasteiger partial charge in [0.15, 0.2) is 0 Å². The topological polar surface area (TPSA) is 81.8 Å². The Labute approximate surface area is 148 Å².